The first-order valence-corrected chi connectivity index (χ1v) is 6.80. The van der Waals surface area contributed by atoms with Crippen molar-refractivity contribution in [2.75, 3.05) is 6.54 Å². The van der Waals surface area contributed by atoms with E-state index in [-0.39, 0.29) is 0 Å². The SMILES string of the molecule is Cc1cc(CN2CCCC[C@H]2Cn2cncn2)no1. The van der Waals surface area contributed by atoms with Crippen LogP contribution in [-0.4, -0.2) is 37.4 Å². The highest BCUT2D eigenvalue weighted by molar-refractivity contribution is 5.03. The number of hydrogen-bond donors (Lipinski definition) is 0. The fourth-order valence-corrected chi connectivity index (χ4v) is 2.72. The van der Waals surface area contributed by atoms with Crippen LogP contribution in [0.3, 0.4) is 0 Å². The molecular weight excluding hydrogens is 242 g/mol. The van der Waals surface area contributed by atoms with Crippen molar-refractivity contribution in [3.8, 4) is 0 Å². The summed E-state index contributed by atoms with van der Waals surface area (Å²) < 4.78 is 7.06. The van der Waals surface area contributed by atoms with Crippen LogP contribution in [0.5, 0.6) is 0 Å². The van der Waals surface area contributed by atoms with Gasteiger partial charge in [0.2, 0.25) is 0 Å². The molecule has 3 heterocycles. The van der Waals surface area contributed by atoms with Gasteiger partial charge in [-0.25, -0.2) is 4.98 Å². The van der Waals surface area contributed by atoms with Gasteiger partial charge in [0.1, 0.15) is 18.4 Å². The fraction of sp³-hybridized carbons (Fsp3) is 0.615. The molecule has 1 aliphatic heterocycles. The zero-order valence-corrected chi connectivity index (χ0v) is 11.2. The molecule has 102 valence electrons. The van der Waals surface area contributed by atoms with E-state index < -0.39 is 0 Å². The summed E-state index contributed by atoms with van der Waals surface area (Å²) in [5.41, 5.74) is 1.02. The number of piperidine rings is 1. The zero-order valence-electron chi connectivity index (χ0n) is 11.2. The Morgan fingerprint density at radius 3 is 3.11 bits per heavy atom. The molecule has 0 N–H and O–H groups in total. The Morgan fingerprint density at radius 2 is 2.37 bits per heavy atom. The van der Waals surface area contributed by atoms with Crippen LogP contribution in [0.25, 0.3) is 0 Å². The van der Waals surface area contributed by atoms with Gasteiger partial charge in [-0.15, -0.1) is 0 Å². The van der Waals surface area contributed by atoms with Crippen molar-refractivity contribution in [3.05, 3.63) is 30.2 Å². The number of rotatable bonds is 4. The second-order valence-electron chi connectivity index (χ2n) is 5.17. The number of aromatic nitrogens is 4. The van der Waals surface area contributed by atoms with E-state index in [0.717, 1.165) is 31.1 Å². The lowest BCUT2D eigenvalue weighted by Gasteiger charge is -2.34. The smallest absolute Gasteiger partial charge is 0.137 e. The fourth-order valence-electron chi connectivity index (χ4n) is 2.72. The summed E-state index contributed by atoms with van der Waals surface area (Å²) in [5.74, 6) is 0.875. The van der Waals surface area contributed by atoms with Gasteiger partial charge in [-0.2, -0.15) is 5.10 Å². The molecule has 0 aliphatic carbocycles. The largest absolute Gasteiger partial charge is 0.361 e. The van der Waals surface area contributed by atoms with E-state index >= 15 is 0 Å². The summed E-state index contributed by atoms with van der Waals surface area (Å²) in [6, 6.07) is 2.52. The Bertz CT molecular complexity index is 507. The molecule has 6 heteroatoms. The Labute approximate surface area is 112 Å². The first kappa shape index (κ1) is 12.3. The number of nitrogens with zero attached hydrogens (tertiary/aromatic N) is 5. The normalized spacial score (nSPS) is 20.8. The van der Waals surface area contributed by atoms with E-state index in [2.05, 4.69) is 20.1 Å². The predicted octanol–water partition coefficient (Wildman–Crippen LogP) is 1.63. The van der Waals surface area contributed by atoms with Crippen LogP contribution < -0.4 is 0 Å². The lowest BCUT2D eigenvalue weighted by atomic mass is 10.0. The molecule has 19 heavy (non-hydrogen) atoms. The van der Waals surface area contributed by atoms with Gasteiger partial charge < -0.3 is 4.52 Å². The molecule has 1 aliphatic rings. The molecule has 0 saturated carbocycles. The lowest BCUT2D eigenvalue weighted by molar-refractivity contribution is 0.119. The van der Waals surface area contributed by atoms with E-state index in [1.807, 2.05) is 17.7 Å². The zero-order chi connectivity index (χ0) is 13.1. The molecule has 0 bridgehead atoms. The second kappa shape index (κ2) is 5.52. The maximum absolute atomic E-state index is 5.14. The quantitative estimate of drug-likeness (QED) is 0.837. The molecule has 0 amide bonds. The van der Waals surface area contributed by atoms with Crippen LogP contribution >= 0.6 is 0 Å². The standard InChI is InChI=1S/C13H19N5O/c1-11-6-12(16-19-11)7-17-5-3-2-4-13(17)8-18-10-14-9-15-18/h6,9-10,13H,2-5,7-8H2,1H3/t13-/m0/s1. The topological polar surface area (TPSA) is 60.0 Å². The summed E-state index contributed by atoms with van der Waals surface area (Å²) in [7, 11) is 0. The monoisotopic (exact) mass is 261 g/mol. The average molecular weight is 261 g/mol. The molecule has 1 saturated heterocycles. The van der Waals surface area contributed by atoms with Gasteiger partial charge in [0.05, 0.1) is 12.2 Å². The van der Waals surface area contributed by atoms with Crippen molar-refractivity contribution in [1.82, 2.24) is 24.8 Å². The van der Waals surface area contributed by atoms with Gasteiger partial charge in [-0.1, -0.05) is 11.6 Å². The predicted molar refractivity (Wildman–Crippen MR) is 69.3 cm³/mol. The van der Waals surface area contributed by atoms with Crippen LogP contribution in [0.15, 0.2) is 23.2 Å². The Kier molecular flexibility index (Phi) is 3.59. The van der Waals surface area contributed by atoms with E-state index in [9.17, 15) is 0 Å². The van der Waals surface area contributed by atoms with E-state index in [1.54, 1.807) is 12.7 Å². The number of likely N-dealkylation sites (tertiary alicyclic amines) is 1. The summed E-state index contributed by atoms with van der Waals surface area (Å²) in [5, 5.41) is 8.29. The van der Waals surface area contributed by atoms with Crippen LogP contribution in [-0.2, 0) is 13.1 Å². The maximum atomic E-state index is 5.14. The van der Waals surface area contributed by atoms with Gasteiger partial charge in [0.15, 0.2) is 0 Å². The Morgan fingerprint density at radius 1 is 1.42 bits per heavy atom. The first-order valence-electron chi connectivity index (χ1n) is 6.80. The van der Waals surface area contributed by atoms with Crippen molar-refractivity contribution in [1.29, 1.82) is 0 Å². The van der Waals surface area contributed by atoms with Gasteiger partial charge in [-0.3, -0.25) is 9.58 Å². The van der Waals surface area contributed by atoms with Crippen molar-refractivity contribution < 1.29 is 4.52 Å². The van der Waals surface area contributed by atoms with Gasteiger partial charge in [0, 0.05) is 18.7 Å². The average Bonchev–Trinajstić information content (AvgIpc) is 3.04. The minimum atomic E-state index is 0.507. The lowest BCUT2D eigenvalue weighted by Crippen LogP contribution is -2.41. The summed E-state index contributed by atoms with van der Waals surface area (Å²) in [4.78, 5) is 6.48. The van der Waals surface area contributed by atoms with E-state index in [1.165, 1.54) is 19.3 Å². The highest BCUT2D eigenvalue weighted by Gasteiger charge is 2.23. The van der Waals surface area contributed by atoms with Gasteiger partial charge in [-0.05, 0) is 26.3 Å². The third-order valence-electron chi connectivity index (χ3n) is 3.66. The molecule has 2 aromatic rings. The highest BCUT2D eigenvalue weighted by atomic mass is 16.5. The summed E-state index contributed by atoms with van der Waals surface area (Å²) >= 11 is 0. The van der Waals surface area contributed by atoms with E-state index in [4.69, 9.17) is 4.52 Å². The van der Waals surface area contributed by atoms with Gasteiger partial charge in [0.25, 0.3) is 0 Å². The molecule has 0 aromatic carbocycles. The molecular formula is C13H19N5O. The van der Waals surface area contributed by atoms with Crippen molar-refractivity contribution in [2.24, 2.45) is 0 Å². The van der Waals surface area contributed by atoms with Crippen molar-refractivity contribution in [3.63, 3.8) is 0 Å². The third kappa shape index (κ3) is 3.01. The Hall–Kier alpha value is -1.69. The minimum absolute atomic E-state index is 0.507. The molecule has 1 atom stereocenters. The van der Waals surface area contributed by atoms with Crippen LogP contribution in [0.1, 0.15) is 30.7 Å². The first-order chi connectivity index (χ1) is 9.31. The molecule has 3 rings (SSSR count). The maximum Gasteiger partial charge on any atom is 0.137 e. The van der Waals surface area contributed by atoms with Crippen LogP contribution in [0, 0.1) is 6.92 Å². The van der Waals surface area contributed by atoms with Crippen LogP contribution in [0.2, 0.25) is 0 Å². The highest BCUT2D eigenvalue weighted by Crippen LogP contribution is 2.20. The summed E-state index contributed by atoms with van der Waals surface area (Å²) in [6.45, 7) is 4.80. The molecule has 0 spiro atoms. The molecule has 2 aromatic heterocycles. The molecule has 0 radical (unpaired) electrons. The molecule has 6 nitrogen and oxygen atoms in total. The third-order valence-corrected chi connectivity index (χ3v) is 3.66. The summed E-state index contributed by atoms with van der Waals surface area (Å²) in [6.07, 6.45) is 7.12. The van der Waals surface area contributed by atoms with Crippen molar-refractivity contribution in [2.45, 2.75) is 45.3 Å². The minimum Gasteiger partial charge on any atom is -0.361 e. The molecule has 1 fully saturated rings. The number of aryl methyl sites for hydroxylation is 1. The van der Waals surface area contributed by atoms with Crippen LogP contribution in [0.4, 0.5) is 0 Å². The van der Waals surface area contributed by atoms with E-state index in [0.29, 0.717) is 6.04 Å². The van der Waals surface area contributed by atoms with Crippen molar-refractivity contribution >= 4 is 0 Å². The molecule has 0 unspecified atom stereocenters. The second-order valence-corrected chi connectivity index (χ2v) is 5.17. The Balaban J connectivity index is 1.66. The number of hydrogen-bond acceptors (Lipinski definition) is 5. The van der Waals surface area contributed by atoms with Gasteiger partial charge >= 0.3 is 0 Å².